The average Bonchev–Trinajstić information content (AvgIpc) is 3.11. The van der Waals surface area contributed by atoms with Crippen LogP contribution < -0.4 is 10.6 Å². The smallest absolute Gasteiger partial charge is 0.316 e. The predicted molar refractivity (Wildman–Crippen MR) is 105 cm³/mol. The van der Waals surface area contributed by atoms with E-state index in [1.807, 2.05) is 44.2 Å². The van der Waals surface area contributed by atoms with Gasteiger partial charge in [-0.2, -0.15) is 4.31 Å². The molecule has 7 heteroatoms. The summed E-state index contributed by atoms with van der Waals surface area (Å²) in [5, 5.41) is 5.68. The fourth-order valence-corrected chi connectivity index (χ4v) is 4.85. The molecule has 0 spiro atoms. The molecule has 3 rings (SSSR count). The molecule has 0 aliphatic carbocycles. The van der Waals surface area contributed by atoms with Gasteiger partial charge in [-0.15, -0.1) is 0 Å². The molecular formula is C20H25N3O3S. The monoisotopic (exact) mass is 387 g/mol. The zero-order valence-electron chi connectivity index (χ0n) is 15.6. The second-order valence-corrected chi connectivity index (χ2v) is 8.73. The summed E-state index contributed by atoms with van der Waals surface area (Å²) in [4.78, 5) is 12.6. The van der Waals surface area contributed by atoms with Gasteiger partial charge in [0, 0.05) is 6.54 Å². The molecule has 0 radical (unpaired) electrons. The van der Waals surface area contributed by atoms with E-state index in [0.717, 1.165) is 11.1 Å². The molecule has 2 aromatic carbocycles. The highest BCUT2D eigenvalue weighted by Crippen LogP contribution is 2.25. The summed E-state index contributed by atoms with van der Waals surface area (Å²) in [7, 11) is -3.64. The van der Waals surface area contributed by atoms with Crippen LogP contribution in [-0.4, -0.2) is 31.5 Å². The number of urea groups is 1. The Morgan fingerprint density at radius 3 is 2.44 bits per heavy atom. The molecule has 1 fully saturated rings. The molecule has 0 bridgehead atoms. The summed E-state index contributed by atoms with van der Waals surface area (Å²) in [6.07, 6.45) is 0.766. The quantitative estimate of drug-likeness (QED) is 0.827. The van der Waals surface area contributed by atoms with Crippen molar-refractivity contribution in [2.45, 2.75) is 43.8 Å². The van der Waals surface area contributed by atoms with Gasteiger partial charge < -0.3 is 10.6 Å². The Labute approximate surface area is 160 Å². The van der Waals surface area contributed by atoms with Crippen LogP contribution in [0.5, 0.6) is 0 Å². The van der Waals surface area contributed by atoms with Crippen molar-refractivity contribution in [3.63, 3.8) is 0 Å². The van der Waals surface area contributed by atoms with Crippen molar-refractivity contribution in [1.82, 2.24) is 14.9 Å². The maximum absolute atomic E-state index is 12.9. The maximum atomic E-state index is 12.9. The molecule has 1 saturated heterocycles. The maximum Gasteiger partial charge on any atom is 0.316 e. The van der Waals surface area contributed by atoms with Crippen molar-refractivity contribution < 1.29 is 13.2 Å². The lowest BCUT2D eigenvalue weighted by atomic mass is 10.1. The number of benzene rings is 2. The molecule has 27 heavy (non-hydrogen) atoms. The first-order chi connectivity index (χ1) is 12.9. The van der Waals surface area contributed by atoms with E-state index in [1.54, 1.807) is 24.3 Å². The van der Waals surface area contributed by atoms with Gasteiger partial charge in [-0.3, -0.25) is 0 Å². The van der Waals surface area contributed by atoms with E-state index >= 15 is 0 Å². The third-order valence-corrected chi connectivity index (χ3v) is 6.70. The van der Waals surface area contributed by atoms with Gasteiger partial charge in [-0.25, -0.2) is 13.2 Å². The van der Waals surface area contributed by atoms with Gasteiger partial charge in [0.15, 0.2) is 0 Å². The molecule has 2 aromatic rings. The number of aryl methyl sites for hydroxylation is 1. The highest BCUT2D eigenvalue weighted by atomic mass is 32.2. The highest BCUT2D eigenvalue weighted by Gasteiger charge is 2.36. The summed E-state index contributed by atoms with van der Waals surface area (Å²) < 4.78 is 27.3. The fraction of sp³-hybridized carbons (Fsp3) is 0.350. The Bertz CT molecular complexity index is 882. The van der Waals surface area contributed by atoms with E-state index in [1.165, 1.54) is 4.31 Å². The van der Waals surface area contributed by atoms with E-state index in [-0.39, 0.29) is 17.0 Å². The third kappa shape index (κ3) is 4.48. The largest absolute Gasteiger partial charge is 0.332 e. The molecule has 2 amide bonds. The van der Waals surface area contributed by atoms with E-state index in [9.17, 15) is 13.2 Å². The molecule has 6 nitrogen and oxygen atoms in total. The molecule has 1 aliphatic heterocycles. The lowest BCUT2D eigenvalue weighted by Crippen LogP contribution is -2.50. The number of hydrogen-bond acceptors (Lipinski definition) is 3. The Morgan fingerprint density at radius 2 is 1.78 bits per heavy atom. The number of sulfonamides is 1. The molecule has 1 aliphatic rings. The minimum atomic E-state index is -3.64. The molecule has 1 heterocycles. The molecule has 2 N–H and O–H groups in total. The minimum Gasteiger partial charge on any atom is -0.332 e. The second-order valence-electron chi connectivity index (χ2n) is 6.84. The van der Waals surface area contributed by atoms with Gasteiger partial charge in [-0.1, -0.05) is 48.0 Å². The van der Waals surface area contributed by atoms with Crippen LogP contribution in [0.2, 0.25) is 0 Å². The first kappa shape index (κ1) is 19.4. The van der Waals surface area contributed by atoms with Crippen LogP contribution in [0.25, 0.3) is 0 Å². The standard InChI is InChI=1S/C20H25N3O3S/c1-15-10-12-18(13-11-15)27(25,26)23-14-6-9-19(23)22-20(24)21-16(2)17-7-4-3-5-8-17/h3-5,7-8,10-13,16,19H,6,9,14H2,1-2H3,(H2,21,22,24)/t16-,19-/m1/s1. The van der Waals surface area contributed by atoms with Crippen molar-refractivity contribution in [3.05, 3.63) is 65.7 Å². The van der Waals surface area contributed by atoms with Crippen molar-refractivity contribution >= 4 is 16.1 Å². The molecule has 2 atom stereocenters. The average molecular weight is 388 g/mol. The number of amides is 2. The molecule has 0 unspecified atom stereocenters. The van der Waals surface area contributed by atoms with Crippen LogP contribution in [0.3, 0.4) is 0 Å². The lowest BCUT2D eigenvalue weighted by molar-refractivity contribution is 0.225. The van der Waals surface area contributed by atoms with Crippen LogP contribution >= 0.6 is 0 Å². The van der Waals surface area contributed by atoms with Crippen molar-refractivity contribution in [2.75, 3.05) is 6.54 Å². The van der Waals surface area contributed by atoms with Gasteiger partial charge in [-0.05, 0) is 44.4 Å². The first-order valence-corrected chi connectivity index (χ1v) is 10.5. The summed E-state index contributed by atoms with van der Waals surface area (Å²) >= 11 is 0. The van der Waals surface area contributed by atoms with Crippen molar-refractivity contribution in [1.29, 1.82) is 0 Å². The normalized spacial score (nSPS) is 18.8. The fourth-order valence-electron chi connectivity index (χ4n) is 3.23. The van der Waals surface area contributed by atoms with Crippen LogP contribution in [0.15, 0.2) is 59.5 Å². The van der Waals surface area contributed by atoms with Crippen LogP contribution in [-0.2, 0) is 10.0 Å². The number of carbonyl (C=O) groups excluding carboxylic acids is 1. The lowest BCUT2D eigenvalue weighted by Gasteiger charge is -2.26. The van der Waals surface area contributed by atoms with Gasteiger partial charge in [0.25, 0.3) is 0 Å². The van der Waals surface area contributed by atoms with Gasteiger partial charge in [0.2, 0.25) is 10.0 Å². The zero-order chi connectivity index (χ0) is 19.4. The topological polar surface area (TPSA) is 78.5 Å². The SMILES string of the molecule is Cc1ccc(S(=O)(=O)N2CCC[C@@H]2NC(=O)N[C@H](C)c2ccccc2)cc1. The van der Waals surface area contributed by atoms with Gasteiger partial charge in [0.05, 0.1) is 17.1 Å². The molecule has 144 valence electrons. The minimum absolute atomic E-state index is 0.172. The molecule has 0 saturated carbocycles. The number of rotatable bonds is 5. The summed E-state index contributed by atoms with van der Waals surface area (Å²) in [6.45, 7) is 4.20. The van der Waals surface area contributed by atoms with Crippen LogP contribution in [0, 0.1) is 6.92 Å². The number of carbonyl (C=O) groups is 1. The molecular weight excluding hydrogens is 362 g/mol. The molecule has 0 aromatic heterocycles. The van der Waals surface area contributed by atoms with Gasteiger partial charge >= 0.3 is 6.03 Å². The Hall–Kier alpha value is -2.38. The number of nitrogens with one attached hydrogen (secondary N) is 2. The predicted octanol–water partition coefficient (Wildman–Crippen LogP) is 3.17. The number of hydrogen-bond donors (Lipinski definition) is 2. The van der Waals surface area contributed by atoms with Crippen molar-refractivity contribution in [3.8, 4) is 0 Å². The Balaban J connectivity index is 1.67. The van der Waals surface area contributed by atoms with Gasteiger partial charge in [0.1, 0.15) is 0 Å². The first-order valence-electron chi connectivity index (χ1n) is 9.08. The summed E-state index contributed by atoms with van der Waals surface area (Å²) in [5.74, 6) is 0. The number of nitrogens with zero attached hydrogens (tertiary/aromatic N) is 1. The van der Waals surface area contributed by atoms with E-state index in [2.05, 4.69) is 10.6 Å². The zero-order valence-corrected chi connectivity index (χ0v) is 16.4. The summed E-state index contributed by atoms with van der Waals surface area (Å²) in [5.41, 5.74) is 1.99. The third-order valence-electron chi connectivity index (χ3n) is 4.78. The Kier molecular flexibility index (Phi) is 5.82. The Morgan fingerprint density at radius 1 is 1.11 bits per heavy atom. The van der Waals surface area contributed by atoms with E-state index in [4.69, 9.17) is 0 Å². The highest BCUT2D eigenvalue weighted by molar-refractivity contribution is 7.89. The summed E-state index contributed by atoms with van der Waals surface area (Å²) in [6, 6.07) is 15.9. The van der Waals surface area contributed by atoms with E-state index < -0.39 is 16.2 Å². The van der Waals surface area contributed by atoms with Crippen molar-refractivity contribution in [2.24, 2.45) is 0 Å². The van der Waals surface area contributed by atoms with Crippen LogP contribution in [0.4, 0.5) is 4.79 Å². The van der Waals surface area contributed by atoms with E-state index in [0.29, 0.717) is 19.4 Å². The second kappa shape index (κ2) is 8.10. The van der Waals surface area contributed by atoms with Crippen LogP contribution in [0.1, 0.15) is 36.9 Å².